The number of hydrogen-bond acceptors (Lipinski definition) is 4. The third kappa shape index (κ3) is 3.31. The molecule has 0 unspecified atom stereocenters. The van der Waals surface area contributed by atoms with Gasteiger partial charge in [0.15, 0.2) is 0 Å². The second kappa shape index (κ2) is 6.93. The molecule has 1 aromatic rings. The maximum Gasteiger partial charge on any atom is 0.410 e. The number of H-pyrrole nitrogens is 1. The smallest absolute Gasteiger partial charge is 0.410 e. The molecule has 0 radical (unpaired) electrons. The van der Waals surface area contributed by atoms with Gasteiger partial charge in [-0.25, -0.2) is 4.79 Å². The predicted molar refractivity (Wildman–Crippen MR) is 95.8 cm³/mol. The Balaban J connectivity index is 1.33. The van der Waals surface area contributed by atoms with Gasteiger partial charge in [-0.3, -0.25) is 9.89 Å². The van der Waals surface area contributed by atoms with Crippen molar-refractivity contribution in [2.75, 3.05) is 26.7 Å². The highest BCUT2D eigenvalue weighted by atomic mass is 16.6. The van der Waals surface area contributed by atoms with Crippen LogP contribution in [0.15, 0.2) is 0 Å². The fourth-order valence-electron chi connectivity index (χ4n) is 4.61. The Morgan fingerprint density at radius 1 is 1.23 bits per heavy atom. The molecule has 2 saturated heterocycles. The van der Waals surface area contributed by atoms with Crippen molar-refractivity contribution < 1.29 is 14.3 Å². The number of nitrogens with zero attached hydrogens (tertiary/aromatic N) is 3. The monoisotopic (exact) mass is 360 g/mol. The molecule has 2 fully saturated rings. The fourth-order valence-corrected chi connectivity index (χ4v) is 4.61. The summed E-state index contributed by atoms with van der Waals surface area (Å²) in [6, 6.07) is 0. The molecule has 1 aromatic heterocycles. The number of likely N-dealkylation sites (tertiary alicyclic amines) is 1. The first-order chi connectivity index (χ1) is 12.6. The lowest BCUT2D eigenvalue weighted by atomic mass is 9.94. The number of likely N-dealkylation sites (N-methyl/N-ethyl adjacent to an activating group) is 1. The van der Waals surface area contributed by atoms with Gasteiger partial charge in [-0.2, -0.15) is 5.10 Å². The van der Waals surface area contributed by atoms with Crippen molar-refractivity contribution >= 4 is 12.0 Å². The molecule has 26 heavy (non-hydrogen) atoms. The minimum Gasteiger partial charge on any atom is -0.441 e. The van der Waals surface area contributed by atoms with Crippen molar-refractivity contribution in [1.29, 1.82) is 0 Å². The van der Waals surface area contributed by atoms with Gasteiger partial charge >= 0.3 is 6.09 Å². The number of carbonyl (C=O) groups excluding carboxylic acids is 2. The van der Waals surface area contributed by atoms with Gasteiger partial charge in [0.25, 0.3) is 0 Å². The van der Waals surface area contributed by atoms with Gasteiger partial charge < -0.3 is 14.5 Å². The van der Waals surface area contributed by atoms with E-state index in [1.54, 1.807) is 11.9 Å². The van der Waals surface area contributed by atoms with Crippen molar-refractivity contribution in [2.24, 2.45) is 0 Å². The van der Waals surface area contributed by atoms with Crippen molar-refractivity contribution in [1.82, 2.24) is 20.0 Å². The molecule has 2 aliphatic heterocycles. The number of amides is 2. The van der Waals surface area contributed by atoms with Gasteiger partial charge in [0, 0.05) is 45.1 Å². The van der Waals surface area contributed by atoms with E-state index in [0.717, 1.165) is 44.3 Å². The van der Waals surface area contributed by atoms with E-state index < -0.39 is 5.60 Å². The van der Waals surface area contributed by atoms with Crippen LogP contribution in [0.3, 0.4) is 0 Å². The number of ether oxygens (including phenoxy) is 1. The van der Waals surface area contributed by atoms with Crippen molar-refractivity contribution in [3.8, 4) is 0 Å². The van der Waals surface area contributed by atoms with E-state index in [1.165, 1.54) is 24.1 Å². The van der Waals surface area contributed by atoms with E-state index in [0.29, 0.717) is 25.9 Å². The average Bonchev–Trinajstić information content (AvgIpc) is 3.09. The highest BCUT2D eigenvalue weighted by Gasteiger charge is 2.44. The van der Waals surface area contributed by atoms with Gasteiger partial charge in [0.1, 0.15) is 5.60 Å². The molecular weight excluding hydrogens is 332 g/mol. The van der Waals surface area contributed by atoms with Gasteiger partial charge in [-0.15, -0.1) is 0 Å². The third-order valence-corrected chi connectivity index (χ3v) is 6.11. The largest absolute Gasteiger partial charge is 0.441 e. The highest BCUT2D eigenvalue weighted by Crippen LogP contribution is 2.32. The van der Waals surface area contributed by atoms with E-state index in [4.69, 9.17) is 4.74 Å². The van der Waals surface area contributed by atoms with Gasteiger partial charge in [0.05, 0.1) is 12.2 Å². The lowest BCUT2D eigenvalue weighted by Crippen LogP contribution is -2.37. The van der Waals surface area contributed by atoms with E-state index in [1.807, 2.05) is 4.90 Å². The fraction of sp³-hybridized carbons (Fsp3) is 0.737. The van der Waals surface area contributed by atoms with Crippen LogP contribution in [0.25, 0.3) is 0 Å². The topological polar surface area (TPSA) is 78.5 Å². The molecule has 0 saturated carbocycles. The van der Waals surface area contributed by atoms with E-state index in [2.05, 4.69) is 10.2 Å². The normalized spacial score (nSPS) is 26.0. The number of nitrogens with one attached hydrogen (secondary N) is 1. The summed E-state index contributed by atoms with van der Waals surface area (Å²) in [5.74, 6) is 0.187. The third-order valence-electron chi connectivity index (χ3n) is 6.11. The summed E-state index contributed by atoms with van der Waals surface area (Å²) in [5.41, 5.74) is 3.29. The molecule has 0 bridgehead atoms. The number of carbonyl (C=O) groups is 2. The quantitative estimate of drug-likeness (QED) is 0.895. The molecular formula is C19H28N4O3. The Labute approximate surface area is 154 Å². The summed E-state index contributed by atoms with van der Waals surface area (Å²) in [4.78, 5) is 28.0. The molecule has 1 atom stereocenters. The van der Waals surface area contributed by atoms with Gasteiger partial charge in [-0.1, -0.05) is 0 Å². The number of rotatable bonds is 3. The highest BCUT2D eigenvalue weighted by molar-refractivity contribution is 5.76. The molecule has 1 spiro atoms. The van der Waals surface area contributed by atoms with Crippen LogP contribution in [-0.2, 0) is 28.8 Å². The number of hydrogen-bond donors (Lipinski definition) is 1. The molecule has 3 heterocycles. The Morgan fingerprint density at radius 2 is 2.08 bits per heavy atom. The van der Waals surface area contributed by atoms with Crippen LogP contribution in [0.1, 0.15) is 55.5 Å². The minimum absolute atomic E-state index is 0.187. The first kappa shape index (κ1) is 17.4. The summed E-state index contributed by atoms with van der Waals surface area (Å²) in [5, 5.41) is 7.60. The zero-order valence-electron chi connectivity index (χ0n) is 15.6. The maximum atomic E-state index is 12.7. The second-order valence-electron chi connectivity index (χ2n) is 7.98. The van der Waals surface area contributed by atoms with Crippen LogP contribution in [0.5, 0.6) is 0 Å². The van der Waals surface area contributed by atoms with Crippen molar-refractivity contribution in [3.05, 3.63) is 17.0 Å². The summed E-state index contributed by atoms with van der Waals surface area (Å²) >= 11 is 0. The standard InChI is InChI=1S/C19H28N4O3/c1-22-13-19(26-18(22)25)9-4-11-23(12-10-19)17(24)8-7-16-14-5-2-3-6-15(14)20-21-16/h2-13H2,1H3,(H,20,21)/t19-/m0/s1. The van der Waals surface area contributed by atoms with Crippen LogP contribution in [-0.4, -0.2) is 64.3 Å². The average molecular weight is 360 g/mol. The second-order valence-corrected chi connectivity index (χ2v) is 7.98. The number of aromatic nitrogens is 2. The molecule has 1 N–H and O–H groups in total. The number of aromatic amines is 1. The Kier molecular flexibility index (Phi) is 4.63. The maximum absolute atomic E-state index is 12.7. The summed E-state index contributed by atoms with van der Waals surface area (Å²) in [6.07, 6.45) is 8.02. The molecule has 2 amide bonds. The molecule has 142 valence electrons. The summed E-state index contributed by atoms with van der Waals surface area (Å²) in [6.45, 7) is 2.05. The van der Waals surface area contributed by atoms with Crippen LogP contribution in [0.2, 0.25) is 0 Å². The lowest BCUT2D eigenvalue weighted by Gasteiger charge is -2.25. The SMILES string of the molecule is CN1C[C@@]2(CCCN(C(=O)CCc3n[nH]c4c3CCCC4)CC2)OC1=O. The molecule has 4 rings (SSSR count). The zero-order valence-corrected chi connectivity index (χ0v) is 15.6. The Hall–Kier alpha value is -2.05. The molecule has 3 aliphatic rings. The first-order valence-corrected chi connectivity index (χ1v) is 9.83. The Bertz CT molecular complexity index is 701. The predicted octanol–water partition coefficient (Wildman–Crippen LogP) is 2.05. The van der Waals surface area contributed by atoms with Crippen LogP contribution >= 0.6 is 0 Å². The molecule has 7 heteroatoms. The molecule has 7 nitrogen and oxygen atoms in total. The number of aryl methyl sites for hydroxylation is 2. The first-order valence-electron chi connectivity index (χ1n) is 9.83. The zero-order chi connectivity index (χ0) is 18.1. The van der Waals surface area contributed by atoms with Crippen molar-refractivity contribution in [2.45, 2.75) is 63.4 Å². The molecule has 0 aromatic carbocycles. The van der Waals surface area contributed by atoms with Crippen LogP contribution in [0, 0.1) is 0 Å². The van der Waals surface area contributed by atoms with Crippen LogP contribution < -0.4 is 0 Å². The van der Waals surface area contributed by atoms with E-state index in [-0.39, 0.29) is 12.0 Å². The summed E-state index contributed by atoms with van der Waals surface area (Å²) < 4.78 is 5.63. The van der Waals surface area contributed by atoms with E-state index >= 15 is 0 Å². The van der Waals surface area contributed by atoms with Gasteiger partial charge in [-0.05, 0) is 44.1 Å². The van der Waals surface area contributed by atoms with E-state index in [9.17, 15) is 9.59 Å². The summed E-state index contributed by atoms with van der Waals surface area (Å²) in [7, 11) is 1.77. The van der Waals surface area contributed by atoms with Gasteiger partial charge in [0.2, 0.25) is 5.91 Å². The minimum atomic E-state index is -0.401. The molecule has 1 aliphatic carbocycles. The van der Waals surface area contributed by atoms with Crippen LogP contribution in [0.4, 0.5) is 4.79 Å². The Morgan fingerprint density at radius 3 is 2.88 bits per heavy atom. The van der Waals surface area contributed by atoms with Crippen molar-refractivity contribution in [3.63, 3.8) is 0 Å². The lowest BCUT2D eigenvalue weighted by molar-refractivity contribution is -0.131. The number of fused-ring (bicyclic) bond motifs is 1.